The van der Waals surface area contributed by atoms with E-state index < -0.39 is 17.9 Å². The van der Waals surface area contributed by atoms with Crippen molar-refractivity contribution in [2.24, 2.45) is 28.7 Å². The first-order valence-electron chi connectivity index (χ1n) is 8.94. The molecule has 0 aliphatic heterocycles. The highest BCUT2D eigenvalue weighted by atomic mass is 16.6. The average Bonchev–Trinajstić information content (AvgIpc) is 2.46. The third kappa shape index (κ3) is 3.43. The van der Waals surface area contributed by atoms with Gasteiger partial charge in [-0.2, -0.15) is 0 Å². The number of hydrogen-bond acceptors (Lipinski definition) is 5. The third-order valence-electron chi connectivity index (χ3n) is 5.58. The molecule has 0 saturated heterocycles. The quantitative estimate of drug-likeness (QED) is 0.429. The molecule has 5 nitrogen and oxygen atoms in total. The Morgan fingerprint density at radius 2 is 1.43 bits per heavy atom. The summed E-state index contributed by atoms with van der Waals surface area (Å²) in [6.07, 6.45) is 8.86. The van der Waals surface area contributed by atoms with Gasteiger partial charge in [-0.05, 0) is 70.1 Å². The van der Waals surface area contributed by atoms with Gasteiger partial charge in [0.25, 0.3) is 0 Å². The van der Waals surface area contributed by atoms with E-state index in [4.69, 9.17) is 14.5 Å². The summed E-state index contributed by atoms with van der Waals surface area (Å²) in [6.45, 7) is 3.96. The van der Waals surface area contributed by atoms with Crippen LogP contribution in [0.15, 0.2) is 4.99 Å². The van der Waals surface area contributed by atoms with Crippen molar-refractivity contribution < 1.29 is 19.1 Å². The minimum Gasteiger partial charge on any atom is -0.465 e. The Hall–Kier alpha value is -1.39. The lowest BCUT2D eigenvalue weighted by Gasteiger charge is -2.55. The number of ether oxygens (including phenoxy) is 2. The second-order valence-corrected chi connectivity index (χ2v) is 7.40. The van der Waals surface area contributed by atoms with Crippen LogP contribution in [0.2, 0.25) is 0 Å². The fraction of sp³-hybridized carbons (Fsp3) is 0.833. The van der Waals surface area contributed by atoms with Gasteiger partial charge in [-0.1, -0.05) is 0 Å². The maximum absolute atomic E-state index is 12.1. The van der Waals surface area contributed by atoms with Crippen molar-refractivity contribution in [1.29, 1.82) is 0 Å². The van der Waals surface area contributed by atoms with Crippen molar-refractivity contribution >= 4 is 18.2 Å². The van der Waals surface area contributed by atoms with E-state index in [1.165, 1.54) is 25.5 Å². The van der Waals surface area contributed by atoms with Gasteiger partial charge in [-0.3, -0.25) is 14.6 Å². The Morgan fingerprint density at radius 3 is 1.83 bits per heavy atom. The van der Waals surface area contributed by atoms with Crippen molar-refractivity contribution in [2.45, 2.75) is 57.9 Å². The highest BCUT2D eigenvalue weighted by molar-refractivity contribution is 6.09. The van der Waals surface area contributed by atoms with E-state index in [0.29, 0.717) is 0 Å². The van der Waals surface area contributed by atoms with Crippen LogP contribution < -0.4 is 0 Å². The van der Waals surface area contributed by atoms with Gasteiger partial charge >= 0.3 is 11.9 Å². The summed E-state index contributed by atoms with van der Waals surface area (Å²) in [5.74, 6) is 0.202. The summed E-state index contributed by atoms with van der Waals surface area (Å²) in [5.41, 5.74) is -0.0496. The van der Waals surface area contributed by atoms with E-state index in [9.17, 15) is 9.59 Å². The molecule has 0 heterocycles. The topological polar surface area (TPSA) is 65.0 Å². The molecule has 4 saturated carbocycles. The van der Waals surface area contributed by atoms with Crippen LogP contribution in [0.5, 0.6) is 0 Å². The average molecular weight is 321 g/mol. The zero-order chi connectivity index (χ0) is 16.4. The molecule has 128 valence electrons. The Balaban J connectivity index is 1.74. The first kappa shape index (κ1) is 16.5. The molecule has 4 bridgehead atoms. The predicted octanol–water partition coefficient (Wildman–Crippen LogP) is 2.77. The van der Waals surface area contributed by atoms with Gasteiger partial charge in [0.2, 0.25) is 0 Å². The SMILES string of the molecule is CCOC(=O)C(C=NC12CC3CC(CC(C3)C1)C2)C(=O)OCC. The fourth-order valence-electron chi connectivity index (χ4n) is 5.14. The lowest BCUT2D eigenvalue weighted by molar-refractivity contribution is -0.157. The third-order valence-corrected chi connectivity index (χ3v) is 5.58. The molecule has 23 heavy (non-hydrogen) atoms. The standard InChI is InChI=1S/C18H27NO4/c1-3-22-16(20)15(17(21)23-4-2)11-19-18-8-12-5-13(9-18)7-14(6-12)10-18/h11-15H,3-10H2,1-2H3. The molecule has 0 aromatic heterocycles. The number of nitrogens with zero attached hydrogens (tertiary/aromatic N) is 1. The first-order valence-corrected chi connectivity index (χ1v) is 8.94. The molecule has 0 radical (unpaired) electrons. The molecule has 0 spiro atoms. The number of hydrogen-bond donors (Lipinski definition) is 0. The monoisotopic (exact) mass is 321 g/mol. The van der Waals surface area contributed by atoms with Crippen LogP contribution >= 0.6 is 0 Å². The molecule has 4 aliphatic carbocycles. The Morgan fingerprint density at radius 1 is 1.00 bits per heavy atom. The van der Waals surface area contributed by atoms with E-state index in [-0.39, 0.29) is 18.8 Å². The second-order valence-electron chi connectivity index (χ2n) is 7.40. The Kier molecular flexibility index (Phi) is 4.74. The van der Waals surface area contributed by atoms with E-state index in [0.717, 1.165) is 37.0 Å². The molecule has 4 aliphatic rings. The van der Waals surface area contributed by atoms with Crippen molar-refractivity contribution in [2.75, 3.05) is 13.2 Å². The highest BCUT2D eigenvalue weighted by Gasteiger charge is 2.51. The zero-order valence-electron chi connectivity index (χ0n) is 14.1. The van der Waals surface area contributed by atoms with Gasteiger partial charge < -0.3 is 9.47 Å². The van der Waals surface area contributed by atoms with Crippen LogP contribution in [0.1, 0.15) is 52.4 Å². The minimum absolute atomic E-state index is 0.0496. The number of carbonyl (C=O) groups excluding carboxylic acids is 2. The molecule has 4 fully saturated rings. The van der Waals surface area contributed by atoms with Crippen LogP contribution in [0, 0.1) is 23.7 Å². The van der Waals surface area contributed by atoms with Crippen molar-refractivity contribution in [3.63, 3.8) is 0 Å². The van der Waals surface area contributed by atoms with Crippen molar-refractivity contribution in [3.05, 3.63) is 0 Å². The van der Waals surface area contributed by atoms with Gasteiger partial charge in [0.15, 0.2) is 5.92 Å². The smallest absolute Gasteiger partial charge is 0.325 e. The first-order chi connectivity index (χ1) is 11.0. The summed E-state index contributed by atoms with van der Waals surface area (Å²) in [4.78, 5) is 28.9. The maximum atomic E-state index is 12.1. The van der Waals surface area contributed by atoms with Gasteiger partial charge in [-0.15, -0.1) is 0 Å². The summed E-state index contributed by atoms with van der Waals surface area (Å²) in [6, 6.07) is 0. The molecule has 0 aromatic rings. The van der Waals surface area contributed by atoms with E-state index >= 15 is 0 Å². The van der Waals surface area contributed by atoms with Crippen LogP contribution in [0.4, 0.5) is 0 Å². The number of esters is 2. The number of aliphatic imine (C=N–C) groups is 1. The number of carbonyl (C=O) groups is 2. The Bertz CT molecular complexity index is 446. The minimum atomic E-state index is -1.03. The summed E-state index contributed by atoms with van der Waals surface area (Å²) < 4.78 is 10.0. The molecule has 0 amide bonds. The molecule has 0 unspecified atom stereocenters. The maximum Gasteiger partial charge on any atom is 0.325 e. The normalized spacial score (nSPS) is 35.0. The Labute approximate surface area is 137 Å². The van der Waals surface area contributed by atoms with Crippen molar-refractivity contribution in [3.8, 4) is 0 Å². The van der Waals surface area contributed by atoms with Crippen LogP contribution in [0.25, 0.3) is 0 Å². The highest BCUT2D eigenvalue weighted by Crippen LogP contribution is 2.57. The van der Waals surface area contributed by atoms with E-state index in [1.54, 1.807) is 13.8 Å². The van der Waals surface area contributed by atoms with E-state index in [1.807, 2.05) is 0 Å². The van der Waals surface area contributed by atoms with Crippen LogP contribution in [0.3, 0.4) is 0 Å². The second kappa shape index (κ2) is 6.62. The summed E-state index contributed by atoms with van der Waals surface area (Å²) in [5, 5.41) is 0. The van der Waals surface area contributed by atoms with Crippen LogP contribution in [-0.2, 0) is 19.1 Å². The molecule has 0 N–H and O–H groups in total. The van der Waals surface area contributed by atoms with Crippen LogP contribution in [-0.4, -0.2) is 36.9 Å². The van der Waals surface area contributed by atoms with Crippen molar-refractivity contribution in [1.82, 2.24) is 0 Å². The molecular weight excluding hydrogens is 294 g/mol. The molecule has 0 aromatic carbocycles. The van der Waals surface area contributed by atoms with Gasteiger partial charge in [0.05, 0.1) is 18.8 Å². The van der Waals surface area contributed by atoms with Gasteiger partial charge in [0.1, 0.15) is 0 Å². The summed E-state index contributed by atoms with van der Waals surface area (Å²) in [7, 11) is 0. The zero-order valence-corrected chi connectivity index (χ0v) is 14.1. The molecule has 0 atom stereocenters. The lowest BCUT2D eigenvalue weighted by Crippen LogP contribution is -2.49. The predicted molar refractivity (Wildman–Crippen MR) is 86.2 cm³/mol. The largest absolute Gasteiger partial charge is 0.465 e. The lowest BCUT2D eigenvalue weighted by atomic mass is 9.53. The molecule has 5 heteroatoms. The number of rotatable bonds is 6. The fourth-order valence-corrected chi connectivity index (χ4v) is 5.14. The van der Waals surface area contributed by atoms with Gasteiger partial charge in [0, 0.05) is 6.21 Å². The summed E-state index contributed by atoms with van der Waals surface area (Å²) >= 11 is 0. The molecule has 4 rings (SSSR count). The van der Waals surface area contributed by atoms with Gasteiger partial charge in [-0.25, -0.2) is 0 Å². The molecular formula is C18H27NO4. The van der Waals surface area contributed by atoms with E-state index in [2.05, 4.69) is 0 Å².